The zero-order chi connectivity index (χ0) is 10.8. The molecule has 4 nitrogen and oxygen atoms in total. The highest BCUT2D eigenvalue weighted by atomic mass is 19.4. The van der Waals surface area contributed by atoms with E-state index in [-0.39, 0.29) is 0 Å². The zero-order valence-electron chi connectivity index (χ0n) is 6.71. The third-order valence-electron chi connectivity index (χ3n) is 1.32. The van der Waals surface area contributed by atoms with E-state index < -0.39 is 30.8 Å². The number of hydrogen-bond donors (Lipinski definition) is 0. The first kappa shape index (κ1) is 10.6. The predicted octanol–water partition coefficient (Wildman–Crippen LogP) is 0.573. The molecule has 7 heteroatoms. The van der Waals surface area contributed by atoms with E-state index >= 15 is 0 Å². The quantitative estimate of drug-likeness (QED) is 0.625. The van der Waals surface area contributed by atoms with Crippen LogP contribution in [0.5, 0.6) is 0 Å². The summed E-state index contributed by atoms with van der Waals surface area (Å²) in [6, 6.07) is 0. The first-order valence-corrected chi connectivity index (χ1v) is 3.52. The lowest BCUT2D eigenvalue weighted by Gasteiger charge is -2.10. The molecule has 1 aliphatic rings. The van der Waals surface area contributed by atoms with Gasteiger partial charge in [0.25, 0.3) is 0 Å². The highest BCUT2D eigenvalue weighted by molar-refractivity contribution is 5.84. The van der Waals surface area contributed by atoms with Crippen LogP contribution < -0.4 is 0 Å². The second-order valence-electron chi connectivity index (χ2n) is 2.43. The number of carbonyl (C=O) groups excluding carboxylic acids is 2. The van der Waals surface area contributed by atoms with Crippen molar-refractivity contribution in [3.05, 3.63) is 12.2 Å². The predicted molar refractivity (Wildman–Crippen MR) is 36.0 cm³/mol. The van der Waals surface area contributed by atoms with E-state index in [4.69, 9.17) is 0 Å². The summed E-state index contributed by atoms with van der Waals surface area (Å²) in [5, 5.41) is 0. The molecule has 1 rings (SSSR count). The first-order valence-electron chi connectivity index (χ1n) is 3.52. The van der Waals surface area contributed by atoms with Gasteiger partial charge in [0.15, 0.2) is 6.10 Å². The summed E-state index contributed by atoms with van der Waals surface area (Å²) >= 11 is 0. The third kappa shape index (κ3) is 2.75. The van der Waals surface area contributed by atoms with Gasteiger partial charge in [-0.15, -0.1) is 0 Å². The number of alkyl halides is 3. The molecule has 1 aliphatic heterocycles. The molecule has 0 aromatic rings. The second-order valence-corrected chi connectivity index (χ2v) is 2.43. The van der Waals surface area contributed by atoms with Crippen LogP contribution in [0.1, 0.15) is 0 Å². The van der Waals surface area contributed by atoms with Crippen LogP contribution in [0, 0.1) is 0 Å². The fourth-order valence-electron chi connectivity index (χ4n) is 0.743. The molecule has 0 saturated carbocycles. The number of carbonyl (C=O) groups is 2. The maximum absolute atomic E-state index is 11.6. The van der Waals surface area contributed by atoms with Crippen LogP contribution in [0.25, 0.3) is 0 Å². The molecule has 0 spiro atoms. The Hall–Kier alpha value is -1.53. The normalized spacial score (nSPS) is 20.8. The summed E-state index contributed by atoms with van der Waals surface area (Å²) < 4.78 is 43.1. The van der Waals surface area contributed by atoms with Crippen LogP contribution in [0.4, 0.5) is 13.2 Å². The highest BCUT2D eigenvalue weighted by Crippen LogP contribution is 2.17. The van der Waals surface area contributed by atoms with Crippen LogP contribution in [-0.2, 0) is 19.1 Å². The molecule has 1 heterocycles. The Kier molecular flexibility index (Phi) is 2.78. The van der Waals surface area contributed by atoms with Crippen molar-refractivity contribution in [2.75, 3.05) is 6.61 Å². The van der Waals surface area contributed by atoms with E-state index in [1.54, 1.807) is 0 Å². The lowest BCUT2D eigenvalue weighted by molar-refractivity contribution is -0.201. The average molecular weight is 210 g/mol. The smallest absolute Gasteiger partial charge is 0.455 e. The monoisotopic (exact) mass is 210 g/mol. The minimum atomic E-state index is -5.02. The number of hydrogen-bond acceptors (Lipinski definition) is 4. The molecule has 78 valence electrons. The minimum Gasteiger partial charge on any atom is -0.455 e. The molecular weight excluding hydrogens is 205 g/mol. The lowest BCUT2D eigenvalue weighted by Crippen LogP contribution is -2.28. The molecule has 0 amide bonds. The van der Waals surface area contributed by atoms with Crippen molar-refractivity contribution in [3.8, 4) is 0 Å². The van der Waals surface area contributed by atoms with Crippen LogP contribution in [0.3, 0.4) is 0 Å². The van der Waals surface area contributed by atoms with Crippen molar-refractivity contribution >= 4 is 11.9 Å². The van der Waals surface area contributed by atoms with Gasteiger partial charge in [-0.3, -0.25) is 0 Å². The topological polar surface area (TPSA) is 52.6 Å². The molecule has 1 atom stereocenters. The number of ether oxygens (including phenoxy) is 2. The van der Waals surface area contributed by atoms with Crippen LogP contribution >= 0.6 is 0 Å². The van der Waals surface area contributed by atoms with Gasteiger partial charge in [-0.2, -0.15) is 13.2 Å². The Bertz CT molecular complexity index is 281. The summed E-state index contributed by atoms with van der Waals surface area (Å²) in [6.45, 7) is -0.624. The highest BCUT2D eigenvalue weighted by Gasteiger charge is 2.41. The van der Waals surface area contributed by atoms with E-state index in [1.165, 1.54) is 6.08 Å². The van der Waals surface area contributed by atoms with Gasteiger partial charge >= 0.3 is 18.1 Å². The van der Waals surface area contributed by atoms with Crippen LogP contribution in [0.15, 0.2) is 12.2 Å². The largest absolute Gasteiger partial charge is 0.490 e. The van der Waals surface area contributed by atoms with Crippen molar-refractivity contribution in [1.29, 1.82) is 0 Å². The fourth-order valence-corrected chi connectivity index (χ4v) is 0.743. The zero-order valence-corrected chi connectivity index (χ0v) is 6.71. The maximum atomic E-state index is 11.6. The van der Waals surface area contributed by atoms with E-state index in [9.17, 15) is 22.8 Å². The Morgan fingerprint density at radius 2 is 2.21 bits per heavy atom. The Balaban J connectivity index is 2.32. The third-order valence-corrected chi connectivity index (χ3v) is 1.32. The molecular formula is C7H5F3O4. The molecule has 0 fully saturated rings. The number of esters is 2. The fraction of sp³-hybridized carbons (Fsp3) is 0.429. The van der Waals surface area contributed by atoms with Gasteiger partial charge in [-0.05, 0) is 6.08 Å². The Morgan fingerprint density at radius 3 is 2.64 bits per heavy atom. The van der Waals surface area contributed by atoms with Gasteiger partial charge < -0.3 is 9.47 Å². The molecule has 0 radical (unpaired) electrons. The summed E-state index contributed by atoms with van der Waals surface area (Å²) in [5.41, 5.74) is 0. The van der Waals surface area contributed by atoms with Gasteiger partial charge in [0.2, 0.25) is 0 Å². The van der Waals surface area contributed by atoms with Crippen LogP contribution in [0.2, 0.25) is 0 Å². The molecule has 1 unspecified atom stereocenters. The molecule has 0 saturated heterocycles. The summed E-state index contributed by atoms with van der Waals surface area (Å²) in [5.74, 6) is -2.97. The van der Waals surface area contributed by atoms with Crippen molar-refractivity contribution in [1.82, 2.24) is 0 Å². The number of halogens is 3. The summed E-state index contributed by atoms with van der Waals surface area (Å²) in [7, 11) is 0. The summed E-state index contributed by atoms with van der Waals surface area (Å²) in [4.78, 5) is 20.6. The van der Waals surface area contributed by atoms with Gasteiger partial charge in [0.1, 0.15) is 6.61 Å². The van der Waals surface area contributed by atoms with Gasteiger partial charge in [-0.1, -0.05) is 0 Å². The number of cyclic esters (lactones) is 1. The lowest BCUT2D eigenvalue weighted by atomic mass is 10.4. The van der Waals surface area contributed by atoms with Gasteiger partial charge in [0.05, 0.1) is 0 Å². The number of rotatable bonds is 2. The van der Waals surface area contributed by atoms with E-state index in [1.807, 2.05) is 0 Å². The Labute approximate surface area is 76.3 Å². The SMILES string of the molecule is O=C1C=CC(COC(=O)C(F)(F)F)O1. The summed E-state index contributed by atoms with van der Waals surface area (Å²) in [6.07, 6.45) is -3.68. The van der Waals surface area contributed by atoms with Crippen molar-refractivity contribution in [2.24, 2.45) is 0 Å². The van der Waals surface area contributed by atoms with E-state index in [0.29, 0.717) is 0 Å². The molecule has 0 aromatic carbocycles. The first-order chi connectivity index (χ1) is 6.39. The van der Waals surface area contributed by atoms with Crippen LogP contribution in [-0.4, -0.2) is 30.8 Å². The van der Waals surface area contributed by atoms with Gasteiger partial charge in [-0.25, -0.2) is 9.59 Å². The molecule has 0 aliphatic carbocycles. The van der Waals surface area contributed by atoms with Crippen molar-refractivity contribution in [2.45, 2.75) is 12.3 Å². The molecule has 0 aromatic heterocycles. The van der Waals surface area contributed by atoms with Crippen molar-refractivity contribution < 1.29 is 32.2 Å². The molecule has 0 bridgehead atoms. The molecule has 0 N–H and O–H groups in total. The van der Waals surface area contributed by atoms with Crippen molar-refractivity contribution in [3.63, 3.8) is 0 Å². The Morgan fingerprint density at radius 1 is 1.57 bits per heavy atom. The minimum absolute atomic E-state index is 0.624. The average Bonchev–Trinajstić information content (AvgIpc) is 2.45. The maximum Gasteiger partial charge on any atom is 0.490 e. The van der Waals surface area contributed by atoms with E-state index in [0.717, 1.165) is 6.08 Å². The van der Waals surface area contributed by atoms with E-state index in [2.05, 4.69) is 9.47 Å². The standard InChI is InChI=1S/C7H5F3O4/c8-7(9,10)6(12)13-3-4-1-2-5(11)14-4/h1-2,4H,3H2. The van der Waals surface area contributed by atoms with Gasteiger partial charge in [0, 0.05) is 6.08 Å². The second kappa shape index (κ2) is 3.69. The molecule has 14 heavy (non-hydrogen) atoms.